The van der Waals surface area contributed by atoms with Crippen LogP contribution in [-0.2, 0) is 9.59 Å². The van der Waals surface area contributed by atoms with Gasteiger partial charge in [0.25, 0.3) is 0 Å². The highest BCUT2D eigenvalue weighted by Crippen LogP contribution is 2.21. The predicted molar refractivity (Wildman–Crippen MR) is 91.0 cm³/mol. The van der Waals surface area contributed by atoms with Gasteiger partial charge in [-0.25, -0.2) is 0 Å². The third-order valence-electron chi connectivity index (χ3n) is 3.75. The molecule has 1 fully saturated rings. The lowest BCUT2D eigenvalue weighted by atomic mass is 10.2. The highest BCUT2D eigenvalue weighted by atomic mass is 32.2. The average Bonchev–Trinajstić information content (AvgIpc) is 3.04. The zero-order valence-corrected chi connectivity index (χ0v) is 13.9. The second-order valence-electron chi connectivity index (χ2n) is 5.28. The SMILES string of the molecule is CCC(=O)N1CSCC1C(=O)NCCN(C)c1ccccc1. The van der Waals surface area contributed by atoms with E-state index in [-0.39, 0.29) is 17.9 Å². The van der Waals surface area contributed by atoms with E-state index in [4.69, 9.17) is 0 Å². The first kappa shape index (κ1) is 16.7. The summed E-state index contributed by atoms with van der Waals surface area (Å²) in [6.07, 6.45) is 0.446. The first-order chi connectivity index (χ1) is 10.6. The van der Waals surface area contributed by atoms with E-state index < -0.39 is 0 Å². The van der Waals surface area contributed by atoms with Crippen LogP contribution in [0.1, 0.15) is 13.3 Å². The minimum atomic E-state index is -0.320. The maximum Gasteiger partial charge on any atom is 0.243 e. The van der Waals surface area contributed by atoms with E-state index in [1.165, 1.54) is 0 Å². The maximum absolute atomic E-state index is 12.3. The fourth-order valence-electron chi connectivity index (χ4n) is 2.38. The number of thioether (sulfide) groups is 1. The molecule has 0 saturated carbocycles. The summed E-state index contributed by atoms with van der Waals surface area (Å²) in [5.74, 6) is 1.31. The number of carbonyl (C=O) groups is 2. The number of nitrogens with one attached hydrogen (secondary N) is 1. The lowest BCUT2D eigenvalue weighted by Gasteiger charge is -2.24. The molecule has 1 N–H and O–H groups in total. The zero-order valence-electron chi connectivity index (χ0n) is 13.1. The van der Waals surface area contributed by atoms with Crippen molar-refractivity contribution in [1.82, 2.24) is 10.2 Å². The Kier molecular flexibility index (Phi) is 6.12. The number of para-hydroxylation sites is 1. The highest BCUT2D eigenvalue weighted by Gasteiger charge is 2.33. The molecular formula is C16H23N3O2S. The van der Waals surface area contributed by atoms with Gasteiger partial charge < -0.3 is 15.1 Å². The van der Waals surface area contributed by atoms with Crippen LogP contribution in [0.25, 0.3) is 0 Å². The summed E-state index contributed by atoms with van der Waals surface area (Å²) in [4.78, 5) is 27.9. The summed E-state index contributed by atoms with van der Waals surface area (Å²) >= 11 is 1.63. The minimum Gasteiger partial charge on any atom is -0.373 e. The smallest absolute Gasteiger partial charge is 0.243 e. The number of anilines is 1. The van der Waals surface area contributed by atoms with E-state index in [1.54, 1.807) is 16.7 Å². The maximum atomic E-state index is 12.3. The van der Waals surface area contributed by atoms with Gasteiger partial charge >= 0.3 is 0 Å². The van der Waals surface area contributed by atoms with Crippen molar-refractivity contribution in [3.8, 4) is 0 Å². The van der Waals surface area contributed by atoms with Gasteiger partial charge in [-0.3, -0.25) is 9.59 Å². The van der Waals surface area contributed by atoms with Gasteiger partial charge in [0, 0.05) is 38.0 Å². The molecule has 22 heavy (non-hydrogen) atoms. The van der Waals surface area contributed by atoms with E-state index in [1.807, 2.05) is 44.3 Å². The van der Waals surface area contributed by atoms with Gasteiger partial charge in [0.2, 0.25) is 11.8 Å². The Morgan fingerprint density at radius 1 is 1.36 bits per heavy atom. The molecule has 1 aromatic carbocycles. The molecule has 0 bridgehead atoms. The lowest BCUT2D eigenvalue weighted by Crippen LogP contribution is -2.48. The van der Waals surface area contributed by atoms with Gasteiger partial charge in [-0.15, -0.1) is 11.8 Å². The van der Waals surface area contributed by atoms with Gasteiger partial charge in [-0.2, -0.15) is 0 Å². The highest BCUT2D eigenvalue weighted by molar-refractivity contribution is 7.99. The number of amides is 2. The number of benzene rings is 1. The fraction of sp³-hybridized carbons (Fsp3) is 0.500. The number of hydrogen-bond acceptors (Lipinski definition) is 4. The van der Waals surface area contributed by atoms with Crippen molar-refractivity contribution >= 4 is 29.3 Å². The van der Waals surface area contributed by atoms with Crippen molar-refractivity contribution < 1.29 is 9.59 Å². The molecule has 0 aliphatic carbocycles. The van der Waals surface area contributed by atoms with E-state index in [0.29, 0.717) is 24.6 Å². The third-order valence-corrected chi connectivity index (χ3v) is 4.76. The van der Waals surface area contributed by atoms with Crippen molar-refractivity contribution in [3.63, 3.8) is 0 Å². The number of carbonyl (C=O) groups excluding carboxylic acids is 2. The van der Waals surface area contributed by atoms with Crippen molar-refractivity contribution in [3.05, 3.63) is 30.3 Å². The van der Waals surface area contributed by atoms with Crippen LogP contribution >= 0.6 is 11.8 Å². The second kappa shape index (κ2) is 8.08. The molecule has 1 saturated heterocycles. The Labute approximate surface area is 136 Å². The van der Waals surface area contributed by atoms with Crippen molar-refractivity contribution in [2.75, 3.05) is 36.7 Å². The predicted octanol–water partition coefficient (Wildman–Crippen LogP) is 1.55. The van der Waals surface area contributed by atoms with Gasteiger partial charge in [0.15, 0.2) is 0 Å². The van der Waals surface area contributed by atoms with Gasteiger partial charge in [-0.05, 0) is 12.1 Å². The van der Waals surface area contributed by atoms with Crippen LogP contribution in [0, 0.1) is 0 Å². The summed E-state index contributed by atoms with van der Waals surface area (Å²) in [7, 11) is 2.00. The van der Waals surface area contributed by atoms with Crippen LogP contribution in [0.4, 0.5) is 5.69 Å². The van der Waals surface area contributed by atoms with E-state index in [0.717, 1.165) is 12.2 Å². The fourth-order valence-corrected chi connectivity index (χ4v) is 3.57. The third kappa shape index (κ3) is 4.16. The molecule has 1 aromatic rings. The molecule has 1 atom stereocenters. The Bertz CT molecular complexity index is 509. The van der Waals surface area contributed by atoms with Gasteiger partial charge in [0.05, 0.1) is 5.88 Å². The largest absolute Gasteiger partial charge is 0.373 e. The van der Waals surface area contributed by atoms with Crippen LogP contribution < -0.4 is 10.2 Å². The van der Waals surface area contributed by atoms with Crippen LogP contribution in [0.15, 0.2) is 30.3 Å². The number of hydrogen-bond donors (Lipinski definition) is 1. The van der Waals surface area contributed by atoms with Crippen LogP contribution in [-0.4, -0.2) is 54.5 Å². The second-order valence-corrected chi connectivity index (χ2v) is 6.28. The van der Waals surface area contributed by atoms with E-state index in [2.05, 4.69) is 10.2 Å². The topological polar surface area (TPSA) is 52.7 Å². The summed E-state index contributed by atoms with van der Waals surface area (Å²) in [6, 6.07) is 9.73. The summed E-state index contributed by atoms with van der Waals surface area (Å²) in [5.41, 5.74) is 1.12. The van der Waals surface area contributed by atoms with Gasteiger partial charge in [-0.1, -0.05) is 25.1 Å². The van der Waals surface area contributed by atoms with Crippen molar-refractivity contribution in [1.29, 1.82) is 0 Å². The molecule has 1 aliphatic rings. The molecule has 1 heterocycles. The molecule has 6 heteroatoms. The monoisotopic (exact) mass is 321 g/mol. The Morgan fingerprint density at radius 3 is 2.77 bits per heavy atom. The molecule has 5 nitrogen and oxygen atoms in total. The molecule has 2 amide bonds. The summed E-state index contributed by atoms with van der Waals surface area (Å²) < 4.78 is 0. The molecule has 1 unspecified atom stereocenters. The van der Waals surface area contributed by atoms with Gasteiger partial charge in [0.1, 0.15) is 6.04 Å². The lowest BCUT2D eigenvalue weighted by molar-refractivity contribution is -0.137. The number of rotatable bonds is 6. The first-order valence-electron chi connectivity index (χ1n) is 7.54. The average molecular weight is 321 g/mol. The normalized spacial score (nSPS) is 17.4. The summed E-state index contributed by atoms with van der Waals surface area (Å²) in [5, 5.41) is 2.95. The van der Waals surface area contributed by atoms with Crippen LogP contribution in [0.3, 0.4) is 0 Å². The minimum absolute atomic E-state index is 0.0477. The first-order valence-corrected chi connectivity index (χ1v) is 8.70. The standard InChI is InChI=1S/C16H23N3O2S/c1-3-15(20)19-12-22-11-14(19)16(21)17-9-10-18(2)13-7-5-4-6-8-13/h4-8,14H,3,9-12H2,1-2H3,(H,17,21). The van der Waals surface area contributed by atoms with Crippen LogP contribution in [0.5, 0.6) is 0 Å². The number of likely N-dealkylation sites (N-methyl/N-ethyl adjacent to an activating group) is 1. The quantitative estimate of drug-likeness (QED) is 0.864. The molecule has 0 aromatic heterocycles. The van der Waals surface area contributed by atoms with E-state index in [9.17, 15) is 9.59 Å². The molecule has 120 valence electrons. The Hall–Kier alpha value is -1.69. The molecule has 1 aliphatic heterocycles. The Balaban J connectivity index is 1.79. The zero-order chi connectivity index (χ0) is 15.9. The molecule has 2 rings (SSSR count). The number of nitrogens with zero attached hydrogens (tertiary/aromatic N) is 2. The van der Waals surface area contributed by atoms with Crippen LogP contribution in [0.2, 0.25) is 0 Å². The van der Waals surface area contributed by atoms with Crippen molar-refractivity contribution in [2.24, 2.45) is 0 Å². The van der Waals surface area contributed by atoms with E-state index >= 15 is 0 Å². The summed E-state index contributed by atoms with van der Waals surface area (Å²) in [6.45, 7) is 3.13. The Morgan fingerprint density at radius 2 is 2.09 bits per heavy atom. The molecule has 0 spiro atoms. The van der Waals surface area contributed by atoms with Crippen molar-refractivity contribution in [2.45, 2.75) is 19.4 Å². The molecule has 0 radical (unpaired) electrons. The molecular weight excluding hydrogens is 298 g/mol.